The fourth-order valence-corrected chi connectivity index (χ4v) is 6.12. The Hall–Kier alpha value is -3.19. The van der Waals surface area contributed by atoms with E-state index in [0.29, 0.717) is 28.4 Å². The highest BCUT2D eigenvalue weighted by Crippen LogP contribution is 2.36. The van der Waals surface area contributed by atoms with Crippen molar-refractivity contribution in [3.05, 3.63) is 93.5 Å². The molecule has 210 valence electrons. The summed E-state index contributed by atoms with van der Waals surface area (Å²) in [7, 11) is 0. The maximum Gasteiger partial charge on any atom is 0.258 e. The number of likely N-dealkylation sites (tertiary alicyclic amines) is 1. The van der Waals surface area contributed by atoms with E-state index in [4.69, 9.17) is 11.6 Å². The van der Waals surface area contributed by atoms with Crippen molar-refractivity contribution in [2.45, 2.75) is 52.0 Å². The summed E-state index contributed by atoms with van der Waals surface area (Å²) in [5.74, 6) is -0.194. The van der Waals surface area contributed by atoms with Gasteiger partial charge in [-0.3, -0.25) is 9.59 Å². The van der Waals surface area contributed by atoms with E-state index >= 15 is 0 Å². The molecule has 40 heavy (non-hydrogen) atoms. The second kappa shape index (κ2) is 13.0. The molecule has 1 fully saturated rings. The Morgan fingerprint density at radius 3 is 2.45 bits per heavy atom. The maximum absolute atomic E-state index is 13.9. The Morgan fingerprint density at radius 2 is 1.68 bits per heavy atom. The number of benzene rings is 3. The van der Waals surface area contributed by atoms with E-state index < -0.39 is 0 Å². The molecule has 0 spiro atoms. The molecule has 5 rings (SSSR count). The second-order valence-corrected chi connectivity index (χ2v) is 11.4. The van der Waals surface area contributed by atoms with Crippen molar-refractivity contribution >= 4 is 34.8 Å². The summed E-state index contributed by atoms with van der Waals surface area (Å²) >= 11 is 6.46. The predicted molar refractivity (Wildman–Crippen MR) is 164 cm³/mol. The average Bonchev–Trinajstić information content (AvgIpc) is 3.12. The molecule has 0 saturated carbocycles. The molecular weight excluding hydrogens is 520 g/mol. The first-order valence-electron chi connectivity index (χ1n) is 14.5. The number of carbonyl (C=O) groups excluding carboxylic acids is 2. The molecule has 0 aliphatic carbocycles. The monoisotopic (exact) mass is 558 g/mol. The van der Waals surface area contributed by atoms with Gasteiger partial charge in [-0.1, -0.05) is 36.2 Å². The standard InChI is InChI=1S/C33H39ClN4O2/c1-23-9-4-5-10-27(23)32(39)36-26-13-14-28(24(2)21-26)33(40)38-19-8-11-30(29-22-25(34)12-15-31(29)38)35-16-20-37-17-6-3-7-18-37/h4-5,9-10,12-15,21-22,30,35H,3,6-8,11,16-20H2,1-2H3,(H,36,39). The Labute approximate surface area is 242 Å². The largest absolute Gasteiger partial charge is 0.322 e. The van der Waals surface area contributed by atoms with Crippen molar-refractivity contribution in [2.75, 3.05) is 42.9 Å². The molecule has 2 amide bonds. The van der Waals surface area contributed by atoms with Crippen LogP contribution >= 0.6 is 11.6 Å². The zero-order valence-corrected chi connectivity index (χ0v) is 24.3. The van der Waals surface area contributed by atoms with Gasteiger partial charge in [0.2, 0.25) is 0 Å². The van der Waals surface area contributed by atoms with Crippen LogP contribution < -0.4 is 15.5 Å². The van der Waals surface area contributed by atoms with Gasteiger partial charge in [-0.2, -0.15) is 0 Å². The Bertz CT molecular complexity index is 1370. The van der Waals surface area contributed by atoms with Crippen molar-refractivity contribution in [1.29, 1.82) is 0 Å². The number of nitrogens with zero attached hydrogens (tertiary/aromatic N) is 2. The van der Waals surface area contributed by atoms with Gasteiger partial charge in [-0.05, 0) is 112 Å². The SMILES string of the molecule is Cc1ccccc1C(=O)Nc1ccc(C(=O)N2CCCC(NCCN3CCCCC3)c3cc(Cl)ccc32)c(C)c1. The second-order valence-electron chi connectivity index (χ2n) is 11.0. The van der Waals surface area contributed by atoms with E-state index in [9.17, 15) is 9.59 Å². The van der Waals surface area contributed by atoms with Crippen molar-refractivity contribution < 1.29 is 9.59 Å². The zero-order valence-electron chi connectivity index (χ0n) is 23.5. The minimum Gasteiger partial charge on any atom is -0.322 e. The van der Waals surface area contributed by atoms with E-state index in [1.54, 1.807) is 0 Å². The predicted octanol–water partition coefficient (Wildman–Crippen LogP) is 6.77. The minimum absolute atomic E-state index is 0.0354. The van der Waals surface area contributed by atoms with Gasteiger partial charge in [0.05, 0.1) is 0 Å². The van der Waals surface area contributed by atoms with E-state index in [2.05, 4.69) is 15.5 Å². The lowest BCUT2D eigenvalue weighted by atomic mass is 10.0. The van der Waals surface area contributed by atoms with Crippen LogP contribution in [0.25, 0.3) is 0 Å². The first-order valence-corrected chi connectivity index (χ1v) is 14.8. The number of hydrogen-bond donors (Lipinski definition) is 2. The van der Waals surface area contributed by atoms with Crippen molar-refractivity contribution in [1.82, 2.24) is 10.2 Å². The third kappa shape index (κ3) is 6.57. The normalized spacial score (nSPS) is 17.7. The van der Waals surface area contributed by atoms with Crippen molar-refractivity contribution in [3.63, 3.8) is 0 Å². The number of halogens is 1. The van der Waals surface area contributed by atoms with Crippen LogP contribution in [0, 0.1) is 13.8 Å². The Morgan fingerprint density at radius 1 is 0.875 bits per heavy atom. The van der Waals surface area contributed by atoms with Gasteiger partial charge in [-0.15, -0.1) is 0 Å². The highest BCUT2D eigenvalue weighted by molar-refractivity contribution is 6.30. The Balaban J connectivity index is 1.32. The lowest BCUT2D eigenvalue weighted by Gasteiger charge is -2.28. The smallest absolute Gasteiger partial charge is 0.258 e. The molecule has 0 aromatic heterocycles. The molecule has 2 heterocycles. The molecule has 3 aromatic rings. The number of rotatable bonds is 7. The first-order chi connectivity index (χ1) is 19.4. The molecule has 7 heteroatoms. The quantitative estimate of drug-likeness (QED) is 0.336. The number of nitrogens with one attached hydrogen (secondary N) is 2. The number of fused-ring (bicyclic) bond motifs is 1. The van der Waals surface area contributed by atoms with Gasteiger partial charge in [0, 0.05) is 53.2 Å². The summed E-state index contributed by atoms with van der Waals surface area (Å²) in [6, 6.07) is 19.0. The number of anilines is 2. The molecule has 2 aliphatic rings. The average molecular weight is 559 g/mol. The van der Waals surface area contributed by atoms with Crippen molar-refractivity contribution in [2.24, 2.45) is 0 Å². The number of aryl methyl sites for hydroxylation is 2. The van der Waals surface area contributed by atoms with Gasteiger partial charge in [-0.25, -0.2) is 0 Å². The minimum atomic E-state index is -0.159. The lowest BCUT2D eigenvalue weighted by Crippen LogP contribution is -2.37. The zero-order chi connectivity index (χ0) is 28.1. The van der Waals surface area contributed by atoms with E-state index in [0.717, 1.165) is 48.3 Å². The topological polar surface area (TPSA) is 64.7 Å². The molecule has 0 bridgehead atoms. The van der Waals surface area contributed by atoms with Crippen LogP contribution in [0.15, 0.2) is 60.7 Å². The molecule has 6 nitrogen and oxygen atoms in total. The molecular formula is C33H39ClN4O2. The summed E-state index contributed by atoms with van der Waals surface area (Å²) in [5.41, 5.74) is 5.68. The summed E-state index contributed by atoms with van der Waals surface area (Å²) in [6.07, 6.45) is 5.76. The lowest BCUT2D eigenvalue weighted by molar-refractivity contribution is 0.0985. The van der Waals surface area contributed by atoms with E-state index in [1.165, 1.54) is 32.4 Å². The summed E-state index contributed by atoms with van der Waals surface area (Å²) < 4.78 is 0. The molecule has 1 saturated heterocycles. The fourth-order valence-electron chi connectivity index (χ4n) is 5.94. The van der Waals surface area contributed by atoms with Gasteiger partial charge in [0.1, 0.15) is 0 Å². The van der Waals surface area contributed by atoms with Crippen molar-refractivity contribution in [3.8, 4) is 0 Å². The highest BCUT2D eigenvalue weighted by Gasteiger charge is 2.28. The maximum atomic E-state index is 13.9. The van der Waals surface area contributed by atoms with Crippen LogP contribution in [0.4, 0.5) is 11.4 Å². The Kier molecular flexibility index (Phi) is 9.20. The molecule has 3 aromatic carbocycles. The first kappa shape index (κ1) is 28.3. The number of carbonyl (C=O) groups is 2. The van der Waals surface area contributed by atoms with Gasteiger partial charge >= 0.3 is 0 Å². The summed E-state index contributed by atoms with van der Waals surface area (Å²) in [5, 5.41) is 7.42. The van der Waals surface area contributed by atoms with Crippen LogP contribution in [0.5, 0.6) is 0 Å². The number of amides is 2. The van der Waals surface area contributed by atoms with Gasteiger partial charge < -0.3 is 20.4 Å². The van der Waals surface area contributed by atoms with Crippen LogP contribution in [0.3, 0.4) is 0 Å². The van der Waals surface area contributed by atoms with Gasteiger partial charge in [0.15, 0.2) is 0 Å². The fraction of sp³-hybridized carbons (Fsp3) is 0.394. The third-order valence-corrected chi connectivity index (χ3v) is 8.38. The van der Waals surface area contributed by atoms with Crippen LogP contribution in [-0.4, -0.2) is 49.4 Å². The van der Waals surface area contributed by atoms with Crippen LogP contribution in [-0.2, 0) is 0 Å². The summed E-state index contributed by atoms with van der Waals surface area (Å²) in [6.45, 7) is 8.81. The van der Waals surface area contributed by atoms with Crippen LogP contribution in [0.2, 0.25) is 5.02 Å². The van der Waals surface area contributed by atoms with E-state index in [1.807, 2.05) is 79.4 Å². The highest BCUT2D eigenvalue weighted by atomic mass is 35.5. The molecule has 2 N–H and O–H groups in total. The molecule has 1 unspecified atom stereocenters. The third-order valence-electron chi connectivity index (χ3n) is 8.15. The van der Waals surface area contributed by atoms with Gasteiger partial charge in [0.25, 0.3) is 11.8 Å². The molecule has 0 radical (unpaired) electrons. The van der Waals surface area contributed by atoms with E-state index in [-0.39, 0.29) is 17.9 Å². The summed E-state index contributed by atoms with van der Waals surface area (Å²) in [4.78, 5) is 31.2. The molecule has 2 aliphatic heterocycles. The molecule has 1 atom stereocenters. The number of hydrogen-bond acceptors (Lipinski definition) is 4. The van der Waals surface area contributed by atoms with Crippen LogP contribution in [0.1, 0.15) is 75.6 Å². The number of piperidine rings is 1.